The van der Waals surface area contributed by atoms with Crippen LogP contribution in [0.25, 0.3) is 0 Å². The average molecular weight is 266 g/mol. The lowest BCUT2D eigenvalue weighted by atomic mass is 10.2. The number of ether oxygens (including phenoxy) is 1. The number of amides is 1. The number of hydrogen-bond donors (Lipinski definition) is 0. The third-order valence-electron chi connectivity index (χ3n) is 3.02. The van der Waals surface area contributed by atoms with Crippen molar-refractivity contribution in [1.29, 1.82) is 0 Å². The molecule has 1 saturated carbocycles. The zero-order chi connectivity index (χ0) is 14.2. The van der Waals surface area contributed by atoms with E-state index < -0.39 is 5.60 Å². The Balaban J connectivity index is 1.98. The second kappa shape index (κ2) is 4.83. The third-order valence-corrected chi connectivity index (χ3v) is 3.02. The molecule has 0 saturated heterocycles. The Bertz CT molecular complexity index is 471. The van der Waals surface area contributed by atoms with E-state index in [-0.39, 0.29) is 6.09 Å². The fourth-order valence-electron chi connectivity index (χ4n) is 1.83. The molecule has 1 fully saturated rings. The second-order valence-corrected chi connectivity index (χ2v) is 6.14. The van der Waals surface area contributed by atoms with Gasteiger partial charge in [0.05, 0.1) is 6.54 Å². The number of rotatable bonds is 3. The van der Waals surface area contributed by atoms with Crippen molar-refractivity contribution < 1.29 is 9.53 Å². The van der Waals surface area contributed by atoms with E-state index >= 15 is 0 Å². The molecule has 1 aliphatic rings. The van der Waals surface area contributed by atoms with Crippen molar-refractivity contribution in [3.8, 4) is 0 Å². The lowest BCUT2D eigenvalue weighted by Gasteiger charge is -2.24. The predicted octanol–water partition coefficient (Wildman–Crippen LogP) is 2.06. The highest BCUT2D eigenvalue weighted by molar-refractivity contribution is 5.67. The predicted molar refractivity (Wildman–Crippen MR) is 70.7 cm³/mol. The van der Waals surface area contributed by atoms with E-state index in [0.717, 1.165) is 11.6 Å². The van der Waals surface area contributed by atoms with E-state index in [0.29, 0.717) is 12.5 Å². The van der Waals surface area contributed by atoms with E-state index in [4.69, 9.17) is 4.74 Å². The van der Waals surface area contributed by atoms with Crippen molar-refractivity contribution in [2.45, 2.75) is 51.7 Å². The number of carbonyl (C=O) groups excluding carboxylic acids is 1. The SMILES string of the molecule is CN(Cc1nnc(C2CC2)n1C)C(=O)OC(C)(C)C. The van der Waals surface area contributed by atoms with Gasteiger partial charge in [0.2, 0.25) is 0 Å². The van der Waals surface area contributed by atoms with Crippen LogP contribution in [0.2, 0.25) is 0 Å². The summed E-state index contributed by atoms with van der Waals surface area (Å²) in [5, 5.41) is 8.36. The molecule has 1 aliphatic carbocycles. The minimum Gasteiger partial charge on any atom is -0.444 e. The Morgan fingerprint density at radius 1 is 1.42 bits per heavy atom. The van der Waals surface area contributed by atoms with Crippen molar-refractivity contribution in [2.75, 3.05) is 7.05 Å². The molecule has 19 heavy (non-hydrogen) atoms. The van der Waals surface area contributed by atoms with Gasteiger partial charge in [0.15, 0.2) is 5.82 Å². The highest BCUT2D eigenvalue weighted by Gasteiger charge is 2.29. The molecule has 6 nitrogen and oxygen atoms in total. The lowest BCUT2D eigenvalue weighted by Crippen LogP contribution is -2.34. The minimum atomic E-state index is -0.482. The zero-order valence-electron chi connectivity index (χ0n) is 12.3. The minimum absolute atomic E-state index is 0.344. The van der Waals surface area contributed by atoms with Crippen LogP contribution in [-0.4, -0.2) is 38.4 Å². The molecule has 1 amide bonds. The van der Waals surface area contributed by atoms with E-state index in [1.165, 1.54) is 17.7 Å². The molecule has 1 heterocycles. The van der Waals surface area contributed by atoms with Crippen LogP contribution in [0.1, 0.15) is 51.2 Å². The summed E-state index contributed by atoms with van der Waals surface area (Å²) < 4.78 is 7.29. The van der Waals surface area contributed by atoms with Crippen molar-refractivity contribution >= 4 is 6.09 Å². The summed E-state index contributed by atoms with van der Waals surface area (Å²) in [7, 11) is 3.66. The van der Waals surface area contributed by atoms with Crippen LogP contribution in [0.4, 0.5) is 4.79 Å². The van der Waals surface area contributed by atoms with Gasteiger partial charge in [-0.15, -0.1) is 10.2 Å². The van der Waals surface area contributed by atoms with Crippen LogP contribution >= 0.6 is 0 Å². The Morgan fingerprint density at radius 3 is 2.58 bits per heavy atom. The molecule has 0 aliphatic heterocycles. The molecule has 0 bridgehead atoms. The van der Waals surface area contributed by atoms with Gasteiger partial charge in [0, 0.05) is 20.0 Å². The Hall–Kier alpha value is -1.59. The third kappa shape index (κ3) is 3.45. The fraction of sp³-hybridized carbons (Fsp3) is 0.769. The summed E-state index contributed by atoms with van der Waals surface area (Å²) in [6.07, 6.45) is 2.03. The molecule has 1 aromatic heterocycles. The van der Waals surface area contributed by atoms with Gasteiger partial charge < -0.3 is 14.2 Å². The van der Waals surface area contributed by atoms with Crippen LogP contribution < -0.4 is 0 Å². The average Bonchev–Trinajstić information content (AvgIpc) is 3.04. The van der Waals surface area contributed by atoms with Gasteiger partial charge in [0.1, 0.15) is 11.4 Å². The van der Waals surface area contributed by atoms with Crippen molar-refractivity contribution in [2.24, 2.45) is 7.05 Å². The van der Waals surface area contributed by atoms with Crippen molar-refractivity contribution in [3.63, 3.8) is 0 Å². The molecule has 1 aromatic rings. The molecule has 0 aromatic carbocycles. The Morgan fingerprint density at radius 2 is 2.05 bits per heavy atom. The van der Waals surface area contributed by atoms with E-state index in [1.54, 1.807) is 7.05 Å². The number of aromatic nitrogens is 3. The van der Waals surface area contributed by atoms with Gasteiger partial charge in [-0.3, -0.25) is 0 Å². The van der Waals surface area contributed by atoms with Gasteiger partial charge >= 0.3 is 6.09 Å². The maximum atomic E-state index is 11.9. The molecule has 0 spiro atoms. The monoisotopic (exact) mass is 266 g/mol. The van der Waals surface area contributed by atoms with Gasteiger partial charge in [-0.1, -0.05) is 0 Å². The van der Waals surface area contributed by atoms with Crippen LogP contribution in [0.5, 0.6) is 0 Å². The molecule has 6 heteroatoms. The second-order valence-electron chi connectivity index (χ2n) is 6.14. The standard InChI is InChI=1S/C13H22N4O2/c1-13(2,3)19-12(18)16(4)8-10-14-15-11(17(10)5)9-6-7-9/h9H,6-8H2,1-5H3. The molecule has 2 rings (SSSR count). The maximum Gasteiger partial charge on any atom is 0.410 e. The summed E-state index contributed by atoms with van der Waals surface area (Å²) in [5.74, 6) is 2.36. The number of nitrogens with zero attached hydrogens (tertiary/aromatic N) is 4. The maximum absolute atomic E-state index is 11.9. The summed E-state index contributed by atoms with van der Waals surface area (Å²) in [4.78, 5) is 13.4. The molecule has 0 unspecified atom stereocenters. The van der Waals surface area contributed by atoms with Crippen LogP contribution in [-0.2, 0) is 18.3 Å². The molecule has 106 valence electrons. The number of hydrogen-bond acceptors (Lipinski definition) is 4. The Labute approximate surface area is 113 Å². The first kappa shape index (κ1) is 13.8. The first-order valence-electron chi connectivity index (χ1n) is 6.60. The quantitative estimate of drug-likeness (QED) is 0.840. The van der Waals surface area contributed by atoms with Crippen LogP contribution in [0.3, 0.4) is 0 Å². The van der Waals surface area contributed by atoms with E-state index in [2.05, 4.69) is 10.2 Å². The fourth-order valence-corrected chi connectivity index (χ4v) is 1.83. The molecule has 0 atom stereocenters. The van der Waals surface area contributed by atoms with Crippen molar-refractivity contribution in [1.82, 2.24) is 19.7 Å². The van der Waals surface area contributed by atoms with Crippen LogP contribution in [0.15, 0.2) is 0 Å². The molecule has 0 radical (unpaired) electrons. The largest absolute Gasteiger partial charge is 0.444 e. The molecular formula is C13H22N4O2. The van der Waals surface area contributed by atoms with Gasteiger partial charge in [-0.2, -0.15) is 0 Å². The number of carbonyl (C=O) groups is 1. The first-order chi connectivity index (χ1) is 8.78. The summed E-state index contributed by atoms with van der Waals surface area (Å²) >= 11 is 0. The zero-order valence-corrected chi connectivity index (χ0v) is 12.3. The molecule has 0 N–H and O–H groups in total. The molecular weight excluding hydrogens is 244 g/mol. The smallest absolute Gasteiger partial charge is 0.410 e. The van der Waals surface area contributed by atoms with Gasteiger partial charge in [0.25, 0.3) is 0 Å². The van der Waals surface area contributed by atoms with E-state index in [9.17, 15) is 4.79 Å². The summed E-state index contributed by atoms with van der Waals surface area (Å²) in [5.41, 5.74) is -0.482. The first-order valence-corrected chi connectivity index (χ1v) is 6.60. The van der Waals surface area contributed by atoms with Crippen LogP contribution in [0, 0.1) is 0 Å². The highest BCUT2D eigenvalue weighted by Crippen LogP contribution is 2.38. The van der Waals surface area contributed by atoms with Crippen molar-refractivity contribution in [3.05, 3.63) is 11.6 Å². The lowest BCUT2D eigenvalue weighted by molar-refractivity contribution is 0.0279. The Kier molecular flexibility index (Phi) is 3.52. The van der Waals surface area contributed by atoms with Gasteiger partial charge in [-0.25, -0.2) is 4.79 Å². The highest BCUT2D eigenvalue weighted by atomic mass is 16.6. The van der Waals surface area contributed by atoms with Gasteiger partial charge in [-0.05, 0) is 33.6 Å². The van der Waals surface area contributed by atoms with E-state index in [1.807, 2.05) is 32.4 Å². The normalized spacial score (nSPS) is 15.4. The topological polar surface area (TPSA) is 60.2 Å². The summed E-state index contributed by atoms with van der Waals surface area (Å²) in [6.45, 7) is 5.97. The summed E-state index contributed by atoms with van der Waals surface area (Å²) in [6, 6.07) is 0.